The molecule has 2 N–H and O–H groups in total. The predicted molar refractivity (Wildman–Crippen MR) is 117 cm³/mol. The van der Waals surface area contributed by atoms with Crippen LogP contribution in [0.25, 0.3) is 16.6 Å². The second-order valence-corrected chi connectivity index (χ2v) is 7.36. The van der Waals surface area contributed by atoms with Crippen LogP contribution in [0.1, 0.15) is 26.3 Å². The molecule has 0 saturated carbocycles. The molecule has 4 rings (SSSR count). The Kier molecular flexibility index (Phi) is 5.65. The fourth-order valence-electron chi connectivity index (χ4n) is 3.23. The number of nitrogens with one attached hydrogen (secondary N) is 2. The molecule has 7 nitrogen and oxygen atoms in total. The van der Waals surface area contributed by atoms with Gasteiger partial charge in [-0.15, -0.1) is 0 Å². The van der Waals surface area contributed by atoms with Crippen molar-refractivity contribution in [2.75, 3.05) is 0 Å². The lowest BCUT2D eigenvalue weighted by Crippen LogP contribution is -2.24. The summed E-state index contributed by atoms with van der Waals surface area (Å²) >= 11 is 5.30. The molecule has 3 aromatic carbocycles. The van der Waals surface area contributed by atoms with E-state index in [1.807, 2.05) is 0 Å². The Hall–Kier alpha value is -4.11. The molecule has 0 aliphatic carbocycles. The topological polar surface area (TPSA) is 107 Å². The number of amides is 1. The molecule has 9 heteroatoms. The van der Waals surface area contributed by atoms with Gasteiger partial charge in [-0.25, -0.2) is 4.39 Å². The van der Waals surface area contributed by atoms with Crippen molar-refractivity contribution in [3.05, 3.63) is 104 Å². The van der Waals surface area contributed by atoms with Gasteiger partial charge < -0.3 is 20.2 Å². The number of aromatic nitrogens is 2. The molecule has 1 heterocycles. The summed E-state index contributed by atoms with van der Waals surface area (Å²) in [6.45, 7) is 0.187. The molecule has 0 bridgehead atoms. The van der Waals surface area contributed by atoms with Gasteiger partial charge in [0.15, 0.2) is 4.77 Å². The maximum absolute atomic E-state index is 13.2. The van der Waals surface area contributed by atoms with Gasteiger partial charge in [0.1, 0.15) is 5.82 Å². The van der Waals surface area contributed by atoms with Gasteiger partial charge in [0.2, 0.25) is 0 Å². The van der Waals surface area contributed by atoms with Crippen LogP contribution in [0.15, 0.2) is 71.5 Å². The van der Waals surface area contributed by atoms with Crippen LogP contribution in [-0.4, -0.2) is 21.4 Å². The Bertz CT molecular complexity index is 1460. The Morgan fingerprint density at radius 3 is 2.31 bits per heavy atom. The molecule has 32 heavy (non-hydrogen) atoms. The number of carbonyl (C=O) groups excluding carboxylic acids is 2. The summed E-state index contributed by atoms with van der Waals surface area (Å²) in [5.74, 6) is -2.08. The maximum atomic E-state index is 13.2. The number of fused-ring (bicyclic) bond motifs is 1. The summed E-state index contributed by atoms with van der Waals surface area (Å²) < 4.78 is 14.6. The van der Waals surface area contributed by atoms with Gasteiger partial charge in [-0.2, -0.15) is 0 Å². The van der Waals surface area contributed by atoms with Crippen molar-refractivity contribution >= 4 is 35.0 Å². The van der Waals surface area contributed by atoms with Gasteiger partial charge >= 0.3 is 0 Å². The van der Waals surface area contributed by atoms with E-state index < -0.39 is 17.3 Å². The number of carbonyl (C=O) groups is 2. The van der Waals surface area contributed by atoms with Crippen LogP contribution in [0, 0.1) is 10.6 Å². The molecule has 160 valence electrons. The lowest BCUT2D eigenvalue weighted by molar-refractivity contribution is -0.255. The number of hydrogen-bond donors (Lipinski definition) is 2. The van der Waals surface area contributed by atoms with Crippen molar-refractivity contribution < 1.29 is 19.1 Å². The van der Waals surface area contributed by atoms with Crippen molar-refractivity contribution in [2.45, 2.75) is 6.54 Å². The molecule has 1 aromatic heterocycles. The highest BCUT2D eigenvalue weighted by atomic mass is 32.1. The molecule has 0 spiro atoms. The van der Waals surface area contributed by atoms with E-state index in [1.54, 1.807) is 12.1 Å². The number of carboxylic acid groups (broad SMARTS) is 1. The molecule has 1 amide bonds. The largest absolute Gasteiger partial charge is 0.545 e. The SMILES string of the molecule is O=C([O-])c1ccc(CNC(=O)c2ccc3c(=O)n(-c4ccc(F)cc4)c(=S)[nH]c3c2)cc1. The number of halogens is 1. The Morgan fingerprint density at radius 2 is 1.66 bits per heavy atom. The van der Waals surface area contributed by atoms with Crippen molar-refractivity contribution in [1.29, 1.82) is 0 Å². The van der Waals surface area contributed by atoms with Crippen molar-refractivity contribution in [3.8, 4) is 5.69 Å². The first kappa shape index (κ1) is 21.1. The fraction of sp³-hybridized carbons (Fsp3) is 0.0435. The van der Waals surface area contributed by atoms with Crippen LogP contribution in [0.2, 0.25) is 0 Å². The molecule has 0 radical (unpaired) electrons. The zero-order valence-electron chi connectivity index (χ0n) is 16.4. The van der Waals surface area contributed by atoms with E-state index in [2.05, 4.69) is 10.3 Å². The fourth-order valence-corrected chi connectivity index (χ4v) is 3.53. The monoisotopic (exact) mass is 448 g/mol. The van der Waals surface area contributed by atoms with Crippen LogP contribution in [0.4, 0.5) is 4.39 Å². The quantitative estimate of drug-likeness (QED) is 0.456. The standard InChI is InChI=1S/C23H16FN3O4S/c24-16-6-8-17(9-7-16)27-21(29)18-10-5-15(11-19(18)26-23(27)32)20(28)25-12-13-1-3-14(4-2-13)22(30)31/h1-11H,12H2,(H,25,28)(H,26,32)(H,30,31)/p-1. The highest BCUT2D eigenvalue weighted by Gasteiger charge is 2.12. The van der Waals surface area contributed by atoms with Crippen LogP contribution in [0.3, 0.4) is 0 Å². The van der Waals surface area contributed by atoms with E-state index in [-0.39, 0.29) is 22.8 Å². The number of nitrogens with zero attached hydrogens (tertiary/aromatic N) is 1. The van der Waals surface area contributed by atoms with E-state index >= 15 is 0 Å². The molecule has 0 aliphatic heterocycles. The molecule has 0 saturated heterocycles. The predicted octanol–water partition coefficient (Wildman–Crippen LogP) is 2.48. The van der Waals surface area contributed by atoms with Crippen LogP contribution in [-0.2, 0) is 6.54 Å². The third-order valence-corrected chi connectivity index (χ3v) is 5.17. The molecular formula is C23H15FN3O4S-. The average Bonchev–Trinajstić information content (AvgIpc) is 2.78. The summed E-state index contributed by atoms with van der Waals surface area (Å²) in [5, 5.41) is 13.9. The number of benzene rings is 3. The minimum Gasteiger partial charge on any atom is -0.545 e. The second-order valence-electron chi connectivity index (χ2n) is 6.97. The maximum Gasteiger partial charge on any atom is 0.266 e. The van der Waals surface area contributed by atoms with Gasteiger partial charge in [-0.3, -0.25) is 14.2 Å². The van der Waals surface area contributed by atoms with E-state index in [4.69, 9.17) is 12.2 Å². The lowest BCUT2D eigenvalue weighted by Gasteiger charge is -2.10. The zero-order chi connectivity index (χ0) is 22.8. The lowest BCUT2D eigenvalue weighted by atomic mass is 10.1. The van der Waals surface area contributed by atoms with Crippen molar-refractivity contribution in [3.63, 3.8) is 0 Å². The smallest absolute Gasteiger partial charge is 0.266 e. The van der Waals surface area contributed by atoms with E-state index in [9.17, 15) is 23.9 Å². The van der Waals surface area contributed by atoms with Gasteiger partial charge in [0.05, 0.1) is 22.6 Å². The van der Waals surface area contributed by atoms with E-state index in [0.29, 0.717) is 27.7 Å². The summed E-state index contributed by atoms with van der Waals surface area (Å²) in [6.07, 6.45) is 0. The third-order valence-electron chi connectivity index (χ3n) is 4.89. The summed E-state index contributed by atoms with van der Waals surface area (Å²) in [5.41, 5.74) is 1.50. The van der Waals surface area contributed by atoms with Gasteiger partial charge in [-0.1, -0.05) is 24.3 Å². The highest BCUT2D eigenvalue weighted by Crippen LogP contribution is 2.14. The number of carboxylic acids is 1. The third kappa shape index (κ3) is 4.19. The van der Waals surface area contributed by atoms with Crippen LogP contribution < -0.4 is 16.0 Å². The first-order chi connectivity index (χ1) is 15.3. The molecular weight excluding hydrogens is 433 g/mol. The van der Waals surface area contributed by atoms with E-state index in [0.717, 1.165) is 0 Å². The first-order valence-electron chi connectivity index (χ1n) is 9.47. The minimum absolute atomic E-state index is 0.0520. The Morgan fingerprint density at radius 1 is 1.00 bits per heavy atom. The number of aromatic amines is 1. The van der Waals surface area contributed by atoms with Crippen LogP contribution >= 0.6 is 12.2 Å². The molecule has 4 aromatic rings. The number of rotatable bonds is 5. The molecule has 0 atom stereocenters. The van der Waals surface area contributed by atoms with Crippen LogP contribution in [0.5, 0.6) is 0 Å². The number of aromatic carboxylic acids is 1. The normalized spacial score (nSPS) is 10.8. The second kappa shape index (κ2) is 8.56. The van der Waals surface area contributed by atoms with E-state index in [1.165, 1.54) is 59.2 Å². The highest BCUT2D eigenvalue weighted by molar-refractivity contribution is 7.71. The molecule has 0 unspecified atom stereocenters. The Labute approximate surface area is 185 Å². The summed E-state index contributed by atoms with van der Waals surface area (Å²) in [7, 11) is 0. The minimum atomic E-state index is -1.27. The number of hydrogen-bond acceptors (Lipinski definition) is 5. The Balaban J connectivity index is 1.59. The van der Waals surface area contributed by atoms with Gasteiger partial charge in [0.25, 0.3) is 11.5 Å². The number of H-pyrrole nitrogens is 1. The van der Waals surface area contributed by atoms with Crippen molar-refractivity contribution in [1.82, 2.24) is 14.9 Å². The summed E-state index contributed by atoms with van der Waals surface area (Å²) in [6, 6.07) is 15.9. The molecule has 0 aliphatic rings. The summed E-state index contributed by atoms with van der Waals surface area (Å²) in [4.78, 5) is 39.2. The average molecular weight is 448 g/mol. The van der Waals surface area contributed by atoms with Gasteiger partial charge in [0, 0.05) is 12.1 Å². The zero-order valence-corrected chi connectivity index (χ0v) is 17.2. The first-order valence-corrected chi connectivity index (χ1v) is 9.88. The molecule has 0 fully saturated rings. The van der Waals surface area contributed by atoms with Gasteiger partial charge in [-0.05, 0) is 65.8 Å². The van der Waals surface area contributed by atoms with Crippen molar-refractivity contribution in [2.24, 2.45) is 0 Å².